The van der Waals surface area contributed by atoms with Gasteiger partial charge in [0.25, 0.3) is 0 Å². The van der Waals surface area contributed by atoms with Gasteiger partial charge in [0.2, 0.25) is 5.91 Å². The molecule has 0 radical (unpaired) electrons. The second-order valence-corrected chi connectivity index (χ2v) is 2.86. The lowest BCUT2D eigenvalue weighted by Crippen LogP contribution is -2.42. The van der Waals surface area contributed by atoms with E-state index in [2.05, 4.69) is 6.58 Å². The minimum Gasteiger partial charge on any atom is -0.338 e. The van der Waals surface area contributed by atoms with Gasteiger partial charge < -0.3 is 10.6 Å². The summed E-state index contributed by atoms with van der Waals surface area (Å²) in [5.74, 6) is -0.00301. The highest BCUT2D eigenvalue weighted by Crippen LogP contribution is 1.95. The monoisotopic (exact) mass is 170 g/mol. The van der Waals surface area contributed by atoms with Crippen molar-refractivity contribution in [3.63, 3.8) is 0 Å². The van der Waals surface area contributed by atoms with Crippen LogP contribution in [0.5, 0.6) is 0 Å². The van der Waals surface area contributed by atoms with Gasteiger partial charge in [0.1, 0.15) is 0 Å². The third-order valence-corrected chi connectivity index (χ3v) is 1.54. The van der Waals surface area contributed by atoms with E-state index >= 15 is 0 Å². The fourth-order valence-electron chi connectivity index (χ4n) is 1.01. The Labute approximate surface area is 74.2 Å². The standard InChI is InChI=1S/C9H18N2O/c1-4-6-11(7-5-2)9(12)8(3)10/h4,8H,1,5-7,10H2,2-3H3/t8-/m0/s1. The topological polar surface area (TPSA) is 46.3 Å². The number of amides is 1. The maximum atomic E-state index is 11.4. The average Bonchev–Trinajstić information content (AvgIpc) is 2.03. The molecule has 12 heavy (non-hydrogen) atoms. The molecule has 3 nitrogen and oxygen atoms in total. The largest absolute Gasteiger partial charge is 0.338 e. The molecule has 0 aliphatic heterocycles. The maximum absolute atomic E-state index is 11.4. The summed E-state index contributed by atoms with van der Waals surface area (Å²) < 4.78 is 0. The molecule has 0 unspecified atom stereocenters. The number of carbonyl (C=O) groups excluding carboxylic acids is 1. The van der Waals surface area contributed by atoms with Crippen molar-refractivity contribution in [3.8, 4) is 0 Å². The molecule has 2 N–H and O–H groups in total. The molecule has 0 fully saturated rings. The summed E-state index contributed by atoms with van der Waals surface area (Å²) in [5, 5.41) is 0. The van der Waals surface area contributed by atoms with Crippen molar-refractivity contribution in [1.82, 2.24) is 4.90 Å². The van der Waals surface area contributed by atoms with E-state index in [-0.39, 0.29) is 5.91 Å². The van der Waals surface area contributed by atoms with Gasteiger partial charge in [0, 0.05) is 13.1 Å². The van der Waals surface area contributed by atoms with Crippen LogP contribution in [-0.2, 0) is 4.79 Å². The summed E-state index contributed by atoms with van der Waals surface area (Å²) in [4.78, 5) is 13.1. The van der Waals surface area contributed by atoms with Gasteiger partial charge in [-0.25, -0.2) is 0 Å². The quantitative estimate of drug-likeness (QED) is 0.619. The lowest BCUT2D eigenvalue weighted by Gasteiger charge is -2.22. The molecule has 70 valence electrons. The van der Waals surface area contributed by atoms with Crippen LogP contribution < -0.4 is 5.73 Å². The van der Waals surface area contributed by atoms with Gasteiger partial charge in [-0.3, -0.25) is 4.79 Å². The van der Waals surface area contributed by atoms with E-state index in [0.29, 0.717) is 6.54 Å². The number of rotatable bonds is 5. The van der Waals surface area contributed by atoms with Gasteiger partial charge >= 0.3 is 0 Å². The Bertz CT molecular complexity index is 155. The SMILES string of the molecule is C=CCN(CCC)C(=O)[C@H](C)N. The van der Waals surface area contributed by atoms with Gasteiger partial charge in [-0.05, 0) is 13.3 Å². The molecule has 0 aliphatic carbocycles. The third-order valence-electron chi connectivity index (χ3n) is 1.54. The van der Waals surface area contributed by atoms with Crippen molar-refractivity contribution < 1.29 is 4.79 Å². The first-order valence-corrected chi connectivity index (χ1v) is 4.28. The fraction of sp³-hybridized carbons (Fsp3) is 0.667. The van der Waals surface area contributed by atoms with Gasteiger partial charge in [-0.1, -0.05) is 13.0 Å². The molecule has 0 aliphatic rings. The molecular formula is C9H18N2O. The molecule has 0 spiro atoms. The van der Waals surface area contributed by atoms with Crippen molar-refractivity contribution in [1.29, 1.82) is 0 Å². The summed E-state index contributed by atoms with van der Waals surface area (Å²) in [5.41, 5.74) is 5.47. The second kappa shape index (κ2) is 5.77. The van der Waals surface area contributed by atoms with Gasteiger partial charge in [0.15, 0.2) is 0 Å². The summed E-state index contributed by atoms with van der Waals surface area (Å²) in [7, 11) is 0. The third kappa shape index (κ3) is 3.53. The Morgan fingerprint density at radius 2 is 2.33 bits per heavy atom. The van der Waals surface area contributed by atoms with Crippen LogP contribution >= 0.6 is 0 Å². The predicted molar refractivity (Wildman–Crippen MR) is 50.7 cm³/mol. The van der Waals surface area contributed by atoms with Gasteiger partial charge in [-0.15, -0.1) is 6.58 Å². The molecule has 1 atom stereocenters. The van der Waals surface area contributed by atoms with Gasteiger partial charge in [0.05, 0.1) is 6.04 Å². The van der Waals surface area contributed by atoms with Crippen molar-refractivity contribution in [3.05, 3.63) is 12.7 Å². The molecule has 0 aromatic heterocycles. The predicted octanol–water partition coefficient (Wildman–Crippen LogP) is 0.758. The zero-order valence-electron chi connectivity index (χ0n) is 7.92. The first kappa shape index (κ1) is 11.2. The Morgan fingerprint density at radius 1 is 1.75 bits per heavy atom. The number of hydrogen-bond acceptors (Lipinski definition) is 2. The van der Waals surface area contributed by atoms with Crippen LogP contribution in [0.1, 0.15) is 20.3 Å². The highest BCUT2D eigenvalue weighted by atomic mass is 16.2. The minimum atomic E-state index is -0.406. The number of nitrogens with zero attached hydrogens (tertiary/aromatic N) is 1. The Morgan fingerprint density at radius 3 is 2.67 bits per heavy atom. The second-order valence-electron chi connectivity index (χ2n) is 2.86. The minimum absolute atomic E-state index is 0.00301. The highest BCUT2D eigenvalue weighted by molar-refractivity contribution is 5.81. The van der Waals surface area contributed by atoms with Gasteiger partial charge in [-0.2, -0.15) is 0 Å². The lowest BCUT2D eigenvalue weighted by atomic mass is 10.3. The molecular weight excluding hydrogens is 152 g/mol. The molecule has 0 bridgehead atoms. The van der Waals surface area contributed by atoms with Crippen LogP contribution in [0, 0.1) is 0 Å². The van der Waals surface area contributed by atoms with Crippen LogP contribution in [-0.4, -0.2) is 29.9 Å². The first-order valence-electron chi connectivity index (χ1n) is 4.28. The number of hydrogen-bond donors (Lipinski definition) is 1. The van der Waals surface area contributed by atoms with Crippen LogP contribution in [0.3, 0.4) is 0 Å². The van der Waals surface area contributed by atoms with E-state index in [1.54, 1.807) is 17.9 Å². The normalized spacial score (nSPS) is 12.2. The van der Waals surface area contributed by atoms with Crippen molar-refractivity contribution >= 4 is 5.91 Å². The molecule has 0 rings (SSSR count). The van der Waals surface area contributed by atoms with Crippen LogP contribution in [0.15, 0.2) is 12.7 Å². The Balaban J connectivity index is 4.08. The Hall–Kier alpha value is -0.830. The first-order chi connectivity index (χ1) is 5.63. The van der Waals surface area contributed by atoms with E-state index in [9.17, 15) is 4.79 Å². The van der Waals surface area contributed by atoms with E-state index in [0.717, 1.165) is 13.0 Å². The lowest BCUT2D eigenvalue weighted by molar-refractivity contribution is -0.131. The van der Waals surface area contributed by atoms with E-state index in [1.807, 2.05) is 6.92 Å². The van der Waals surface area contributed by atoms with Crippen LogP contribution in [0.25, 0.3) is 0 Å². The summed E-state index contributed by atoms with van der Waals surface area (Å²) in [6.07, 6.45) is 2.67. The maximum Gasteiger partial charge on any atom is 0.239 e. The molecule has 0 saturated heterocycles. The smallest absolute Gasteiger partial charge is 0.239 e. The van der Waals surface area contributed by atoms with Crippen molar-refractivity contribution in [2.45, 2.75) is 26.3 Å². The molecule has 1 amide bonds. The Kier molecular flexibility index (Phi) is 5.37. The van der Waals surface area contributed by atoms with Crippen molar-refractivity contribution in [2.24, 2.45) is 5.73 Å². The zero-order chi connectivity index (χ0) is 9.56. The zero-order valence-corrected chi connectivity index (χ0v) is 7.92. The molecule has 3 heteroatoms. The van der Waals surface area contributed by atoms with Crippen molar-refractivity contribution in [2.75, 3.05) is 13.1 Å². The summed E-state index contributed by atoms with van der Waals surface area (Å²) in [6, 6.07) is -0.406. The fourth-order valence-corrected chi connectivity index (χ4v) is 1.01. The summed E-state index contributed by atoms with van der Waals surface area (Å²) in [6.45, 7) is 8.67. The molecule has 0 aromatic carbocycles. The molecule has 0 aromatic rings. The van der Waals surface area contributed by atoms with E-state index < -0.39 is 6.04 Å². The highest BCUT2D eigenvalue weighted by Gasteiger charge is 2.14. The van der Waals surface area contributed by atoms with E-state index in [4.69, 9.17) is 5.73 Å². The van der Waals surface area contributed by atoms with Crippen LogP contribution in [0.2, 0.25) is 0 Å². The average molecular weight is 170 g/mol. The molecule has 0 heterocycles. The number of nitrogens with two attached hydrogens (primary N) is 1. The van der Waals surface area contributed by atoms with Crippen LogP contribution in [0.4, 0.5) is 0 Å². The van der Waals surface area contributed by atoms with E-state index in [1.165, 1.54) is 0 Å². The number of carbonyl (C=O) groups is 1. The summed E-state index contributed by atoms with van der Waals surface area (Å²) >= 11 is 0. The molecule has 0 saturated carbocycles.